The van der Waals surface area contributed by atoms with Crippen molar-refractivity contribution in [1.29, 1.82) is 0 Å². The van der Waals surface area contributed by atoms with Crippen molar-refractivity contribution >= 4 is 28.0 Å². The van der Waals surface area contributed by atoms with Crippen molar-refractivity contribution in [3.05, 3.63) is 48.7 Å². The normalized spacial score (nSPS) is 15.4. The number of hydrogen-bond donors (Lipinski definition) is 1. The van der Waals surface area contributed by atoms with Crippen LogP contribution in [-0.2, 0) is 6.54 Å². The first kappa shape index (κ1) is 15.5. The fourth-order valence-corrected chi connectivity index (χ4v) is 4.04. The van der Waals surface area contributed by atoms with Crippen LogP contribution in [0.15, 0.2) is 53.1 Å². The third-order valence-electron chi connectivity index (χ3n) is 5.39. The zero-order chi connectivity index (χ0) is 17.5. The molecule has 2 aromatic carbocycles. The molecule has 5 rings (SSSR count). The highest BCUT2D eigenvalue weighted by Gasteiger charge is 2.13. The summed E-state index contributed by atoms with van der Waals surface area (Å²) in [5, 5.41) is 1.26. The van der Waals surface area contributed by atoms with E-state index in [0.29, 0.717) is 0 Å². The Morgan fingerprint density at radius 3 is 2.81 bits per heavy atom. The van der Waals surface area contributed by atoms with Crippen LogP contribution < -0.4 is 5.73 Å². The van der Waals surface area contributed by atoms with Gasteiger partial charge in [-0.1, -0.05) is 18.2 Å². The predicted molar refractivity (Wildman–Crippen MR) is 105 cm³/mol. The van der Waals surface area contributed by atoms with Crippen molar-refractivity contribution in [1.82, 2.24) is 14.5 Å². The Morgan fingerprint density at radius 1 is 1.04 bits per heavy atom. The van der Waals surface area contributed by atoms with Crippen LogP contribution >= 0.6 is 0 Å². The maximum absolute atomic E-state index is 5.67. The lowest BCUT2D eigenvalue weighted by atomic mass is 10.0. The minimum Gasteiger partial charge on any atom is -0.424 e. The molecule has 5 nitrogen and oxygen atoms in total. The summed E-state index contributed by atoms with van der Waals surface area (Å²) in [4.78, 5) is 6.73. The van der Waals surface area contributed by atoms with Gasteiger partial charge in [-0.3, -0.25) is 0 Å². The highest BCUT2D eigenvalue weighted by Crippen LogP contribution is 2.32. The number of rotatable bonds is 4. The number of likely N-dealkylation sites (tertiary alicyclic amines) is 1. The Balaban J connectivity index is 1.51. The average molecular weight is 346 g/mol. The highest BCUT2D eigenvalue weighted by molar-refractivity contribution is 5.97. The Kier molecular flexibility index (Phi) is 3.68. The van der Waals surface area contributed by atoms with E-state index in [9.17, 15) is 0 Å². The molecule has 0 unspecified atom stereocenters. The number of aromatic nitrogens is 2. The molecule has 0 radical (unpaired) electrons. The monoisotopic (exact) mass is 346 g/mol. The Morgan fingerprint density at radius 2 is 1.92 bits per heavy atom. The summed E-state index contributed by atoms with van der Waals surface area (Å²) >= 11 is 0. The molecule has 3 heterocycles. The first-order valence-electron chi connectivity index (χ1n) is 9.24. The molecule has 0 aliphatic carbocycles. The summed E-state index contributed by atoms with van der Waals surface area (Å²) in [6.07, 6.45) is 4.88. The van der Waals surface area contributed by atoms with Gasteiger partial charge in [-0.15, -0.1) is 0 Å². The summed E-state index contributed by atoms with van der Waals surface area (Å²) in [7, 11) is 0. The lowest BCUT2D eigenvalue weighted by molar-refractivity contribution is 0.324. The topological polar surface area (TPSA) is 60.2 Å². The molecule has 1 fully saturated rings. The molecule has 132 valence electrons. The van der Waals surface area contributed by atoms with Crippen molar-refractivity contribution in [2.24, 2.45) is 0 Å². The zero-order valence-electron chi connectivity index (χ0n) is 14.7. The van der Waals surface area contributed by atoms with Crippen LogP contribution in [0.5, 0.6) is 0 Å². The fraction of sp³-hybridized carbons (Fsp3) is 0.286. The summed E-state index contributed by atoms with van der Waals surface area (Å²) in [6, 6.07) is 15.0. The number of anilines is 1. The molecule has 0 saturated carbocycles. The number of nitrogens with zero attached hydrogens (tertiary/aromatic N) is 3. The number of hydrogen-bond acceptors (Lipinski definition) is 4. The van der Waals surface area contributed by atoms with Crippen molar-refractivity contribution < 1.29 is 4.42 Å². The van der Waals surface area contributed by atoms with Crippen LogP contribution in [0, 0.1) is 0 Å². The lowest BCUT2D eigenvalue weighted by Crippen LogP contribution is -2.23. The van der Waals surface area contributed by atoms with Crippen LogP contribution in [0.4, 0.5) is 6.01 Å². The SMILES string of the molecule is Nc1nc2ccc(-c3cccc4c3ccn4CCN3CCCC3)cc2o1. The molecular weight excluding hydrogens is 324 g/mol. The van der Waals surface area contributed by atoms with Crippen LogP contribution in [0.1, 0.15) is 12.8 Å². The van der Waals surface area contributed by atoms with Gasteiger partial charge < -0.3 is 19.6 Å². The predicted octanol–water partition coefficient (Wildman–Crippen LogP) is 4.13. The summed E-state index contributed by atoms with van der Waals surface area (Å²) in [5.41, 5.74) is 10.8. The van der Waals surface area contributed by atoms with Crippen molar-refractivity contribution in [2.45, 2.75) is 19.4 Å². The molecule has 0 atom stereocenters. The Bertz CT molecular complexity index is 1070. The maximum Gasteiger partial charge on any atom is 0.292 e. The molecular formula is C21H22N4O. The van der Waals surface area contributed by atoms with Crippen LogP contribution in [-0.4, -0.2) is 34.1 Å². The number of nitrogen functional groups attached to an aromatic ring is 1. The summed E-state index contributed by atoms with van der Waals surface area (Å²) in [5.74, 6) is 0. The average Bonchev–Trinajstić information content (AvgIpc) is 3.37. The van der Waals surface area contributed by atoms with E-state index in [4.69, 9.17) is 10.2 Å². The second-order valence-electron chi connectivity index (χ2n) is 7.03. The smallest absolute Gasteiger partial charge is 0.292 e. The van der Waals surface area contributed by atoms with E-state index in [2.05, 4.69) is 51.0 Å². The molecule has 1 saturated heterocycles. The van der Waals surface area contributed by atoms with Gasteiger partial charge in [0.05, 0.1) is 0 Å². The fourth-order valence-electron chi connectivity index (χ4n) is 4.04. The molecule has 2 aromatic heterocycles. The van der Waals surface area contributed by atoms with E-state index < -0.39 is 0 Å². The summed E-state index contributed by atoms with van der Waals surface area (Å²) in [6.45, 7) is 4.64. The number of fused-ring (bicyclic) bond motifs is 2. The molecule has 0 bridgehead atoms. The molecule has 0 amide bonds. The zero-order valence-corrected chi connectivity index (χ0v) is 14.7. The van der Waals surface area contributed by atoms with E-state index in [0.717, 1.165) is 29.8 Å². The van der Waals surface area contributed by atoms with Gasteiger partial charge in [-0.25, -0.2) is 0 Å². The van der Waals surface area contributed by atoms with Gasteiger partial charge in [-0.2, -0.15) is 4.98 Å². The molecule has 2 N–H and O–H groups in total. The van der Waals surface area contributed by atoms with Crippen molar-refractivity contribution in [3.8, 4) is 11.1 Å². The molecule has 0 spiro atoms. The Labute approximate surface area is 152 Å². The van der Waals surface area contributed by atoms with Crippen LogP contribution in [0.25, 0.3) is 33.1 Å². The first-order chi connectivity index (χ1) is 12.8. The lowest BCUT2D eigenvalue weighted by Gasteiger charge is -2.15. The standard InChI is InChI=1S/C21H22N4O/c22-21-23-18-7-6-15(14-20(18)26-21)16-4-3-5-19-17(16)8-11-25(19)13-12-24-9-1-2-10-24/h3-8,11,14H,1-2,9-10,12-13H2,(H2,22,23). The first-order valence-corrected chi connectivity index (χ1v) is 9.24. The number of benzene rings is 2. The van der Waals surface area contributed by atoms with E-state index in [1.807, 2.05) is 12.1 Å². The van der Waals surface area contributed by atoms with Gasteiger partial charge in [0, 0.05) is 30.2 Å². The van der Waals surface area contributed by atoms with Gasteiger partial charge >= 0.3 is 0 Å². The quantitative estimate of drug-likeness (QED) is 0.604. The van der Waals surface area contributed by atoms with Crippen molar-refractivity contribution in [3.63, 3.8) is 0 Å². The molecule has 1 aliphatic heterocycles. The van der Waals surface area contributed by atoms with Gasteiger partial charge in [0.2, 0.25) is 0 Å². The van der Waals surface area contributed by atoms with Crippen LogP contribution in [0.3, 0.4) is 0 Å². The molecule has 26 heavy (non-hydrogen) atoms. The minimum atomic E-state index is 0.212. The highest BCUT2D eigenvalue weighted by atomic mass is 16.4. The van der Waals surface area contributed by atoms with Gasteiger partial charge in [0.25, 0.3) is 6.01 Å². The molecule has 4 aromatic rings. The molecule has 1 aliphatic rings. The second kappa shape index (κ2) is 6.18. The van der Waals surface area contributed by atoms with Crippen molar-refractivity contribution in [2.75, 3.05) is 25.4 Å². The van der Waals surface area contributed by atoms with E-state index in [-0.39, 0.29) is 6.01 Å². The second-order valence-corrected chi connectivity index (χ2v) is 7.03. The summed E-state index contributed by atoms with van der Waals surface area (Å²) < 4.78 is 7.86. The van der Waals surface area contributed by atoms with E-state index in [1.165, 1.54) is 42.4 Å². The largest absolute Gasteiger partial charge is 0.424 e. The third-order valence-corrected chi connectivity index (χ3v) is 5.39. The van der Waals surface area contributed by atoms with E-state index >= 15 is 0 Å². The minimum absolute atomic E-state index is 0.212. The van der Waals surface area contributed by atoms with Crippen LogP contribution in [0.2, 0.25) is 0 Å². The number of nitrogens with two attached hydrogens (primary N) is 1. The third kappa shape index (κ3) is 2.65. The van der Waals surface area contributed by atoms with E-state index in [1.54, 1.807) is 0 Å². The van der Waals surface area contributed by atoms with Gasteiger partial charge in [0.15, 0.2) is 5.58 Å². The Hall–Kier alpha value is -2.79. The van der Waals surface area contributed by atoms with Gasteiger partial charge in [0.1, 0.15) is 5.52 Å². The molecule has 5 heteroatoms. The van der Waals surface area contributed by atoms with Gasteiger partial charge in [-0.05, 0) is 61.3 Å². The number of oxazole rings is 1. The maximum atomic E-state index is 5.67.